The molecule has 0 atom stereocenters. The number of amides is 2. The van der Waals surface area contributed by atoms with Crippen LogP contribution in [-0.4, -0.2) is 34.2 Å². The van der Waals surface area contributed by atoms with Gasteiger partial charge in [-0.3, -0.25) is 19.3 Å². The van der Waals surface area contributed by atoms with E-state index in [1.54, 1.807) is 35.6 Å². The molecule has 2 aromatic heterocycles. The number of imide groups is 1. The molecular formula is C20H16N2O4S2. The zero-order valence-corrected chi connectivity index (χ0v) is 16.4. The second-order valence-electron chi connectivity index (χ2n) is 6.23. The number of benzene rings is 1. The highest BCUT2D eigenvalue weighted by Crippen LogP contribution is 2.26. The summed E-state index contributed by atoms with van der Waals surface area (Å²) in [5.74, 6) is -0.989. The molecule has 4 rings (SSSR count). The fourth-order valence-electron chi connectivity index (χ4n) is 2.94. The van der Waals surface area contributed by atoms with E-state index in [4.69, 9.17) is 4.74 Å². The van der Waals surface area contributed by atoms with Crippen molar-refractivity contribution in [2.45, 2.75) is 19.4 Å². The van der Waals surface area contributed by atoms with Crippen LogP contribution in [0.5, 0.6) is 0 Å². The molecule has 0 saturated heterocycles. The molecule has 8 heteroatoms. The lowest BCUT2D eigenvalue weighted by Gasteiger charge is -2.13. The van der Waals surface area contributed by atoms with Crippen molar-refractivity contribution < 1.29 is 19.1 Å². The molecule has 6 nitrogen and oxygen atoms in total. The Hall–Kier alpha value is -2.84. The largest absolute Gasteiger partial charge is 0.459 e. The monoisotopic (exact) mass is 412 g/mol. The second-order valence-corrected chi connectivity index (χ2v) is 7.87. The van der Waals surface area contributed by atoms with Crippen molar-refractivity contribution >= 4 is 40.5 Å². The number of carbonyl (C=O) groups is 3. The van der Waals surface area contributed by atoms with Crippen molar-refractivity contribution in [2.24, 2.45) is 0 Å². The van der Waals surface area contributed by atoms with Gasteiger partial charge in [0.15, 0.2) is 0 Å². The molecule has 1 aliphatic rings. The molecule has 142 valence electrons. The van der Waals surface area contributed by atoms with E-state index in [1.165, 1.54) is 16.2 Å². The number of thiophene rings is 1. The molecule has 0 spiro atoms. The van der Waals surface area contributed by atoms with Gasteiger partial charge in [0.25, 0.3) is 11.8 Å². The van der Waals surface area contributed by atoms with Crippen LogP contribution in [0.3, 0.4) is 0 Å². The van der Waals surface area contributed by atoms with Crippen LogP contribution in [0.1, 0.15) is 39.3 Å². The molecule has 0 N–H and O–H groups in total. The summed E-state index contributed by atoms with van der Waals surface area (Å²) in [6, 6.07) is 8.74. The SMILES string of the molecule is O=C(CCCN1C(=O)c2ccccc2C1=O)OCc1csc(-c2ccsc2)n1. The Morgan fingerprint density at radius 1 is 1.07 bits per heavy atom. The van der Waals surface area contributed by atoms with Crippen molar-refractivity contribution in [1.82, 2.24) is 9.88 Å². The molecule has 3 heterocycles. The molecule has 1 aliphatic heterocycles. The minimum atomic E-state index is -0.373. The van der Waals surface area contributed by atoms with Crippen LogP contribution in [0.15, 0.2) is 46.5 Å². The van der Waals surface area contributed by atoms with Gasteiger partial charge in [-0.05, 0) is 30.0 Å². The molecule has 3 aromatic rings. The van der Waals surface area contributed by atoms with Crippen LogP contribution >= 0.6 is 22.7 Å². The fraction of sp³-hybridized carbons (Fsp3) is 0.200. The van der Waals surface area contributed by atoms with Gasteiger partial charge in [-0.25, -0.2) is 4.98 Å². The number of nitrogens with zero attached hydrogens (tertiary/aromatic N) is 2. The lowest BCUT2D eigenvalue weighted by molar-refractivity contribution is -0.145. The van der Waals surface area contributed by atoms with E-state index in [0.29, 0.717) is 23.2 Å². The van der Waals surface area contributed by atoms with Gasteiger partial charge in [-0.1, -0.05) is 12.1 Å². The predicted octanol–water partition coefficient (Wildman–Crippen LogP) is 3.99. The first kappa shape index (κ1) is 18.5. The molecule has 0 saturated carbocycles. The highest BCUT2D eigenvalue weighted by atomic mass is 32.1. The standard InChI is InChI=1S/C20H16N2O4S2/c23-17(26-10-14-12-28-18(21-14)13-7-9-27-11-13)6-3-8-22-19(24)15-4-1-2-5-16(15)20(22)25/h1-2,4-5,7,9,11-12H,3,6,8,10H2. The minimum absolute atomic E-state index is 0.118. The summed E-state index contributed by atoms with van der Waals surface area (Å²) in [7, 11) is 0. The quantitative estimate of drug-likeness (QED) is 0.433. The van der Waals surface area contributed by atoms with Crippen molar-refractivity contribution in [1.29, 1.82) is 0 Å². The summed E-state index contributed by atoms with van der Waals surface area (Å²) < 4.78 is 5.26. The zero-order valence-electron chi connectivity index (χ0n) is 14.8. The van der Waals surface area contributed by atoms with E-state index in [-0.39, 0.29) is 37.4 Å². The summed E-state index contributed by atoms with van der Waals surface area (Å²) in [6.07, 6.45) is 0.496. The molecule has 0 bridgehead atoms. The first-order chi connectivity index (χ1) is 13.6. The minimum Gasteiger partial charge on any atom is -0.459 e. The number of hydrogen-bond acceptors (Lipinski definition) is 7. The van der Waals surface area contributed by atoms with Gasteiger partial charge >= 0.3 is 5.97 Å². The van der Waals surface area contributed by atoms with Crippen LogP contribution in [0.2, 0.25) is 0 Å². The normalized spacial score (nSPS) is 13.1. The van der Waals surface area contributed by atoms with E-state index in [2.05, 4.69) is 4.98 Å². The number of rotatable bonds is 7. The summed E-state index contributed by atoms with van der Waals surface area (Å²) in [4.78, 5) is 42.2. The van der Waals surface area contributed by atoms with Gasteiger partial charge in [0.2, 0.25) is 0 Å². The lowest BCUT2D eigenvalue weighted by Crippen LogP contribution is -2.31. The fourth-order valence-corrected chi connectivity index (χ4v) is 4.46. The van der Waals surface area contributed by atoms with Gasteiger partial charge in [0.05, 0.1) is 16.8 Å². The number of ether oxygens (including phenoxy) is 1. The molecule has 0 aliphatic carbocycles. The lowest BCUT2D eigenvalue weighted by atomic mass is 10.1. The van der Waals surface area contributed by atoms with E-state index >= 15 is 0 Å². The smallest absolute Gasteiger partial charge is 0.306 e. The van der Waals surface area contributed by atoms with Crippen LogP contribution in [0, 0.1) is 0 Å². The summed E-state index contributed by atoms with van der Waals surface area (Å²) in [6.45, 7) is 0.312. The Morgan fingerprint density at radius 3 is 2.50 bits per heavy atom. The number of esters is 1. The molecule has 28 heavy (non-hydrogen) atoms. The van der Waals surface area contributed by atoms with Crippen LogP contribution in [0.25, 0.3) is 10.6 Å². The topological polar surface area (TPSA) is 76.6 Å². The third kappa shape index (κ3) is 3.74. The van der Waals surface area contributed by atoms with Crippen LogP contribution in [0.4, 0.5) is 0 Å². The van der Waals surface area contributed by atoms with Gasteiger partial charge in [-0.15, -0.1) is 11.3 Å². The van der Waals surface area contributed by atoms with Crippen molar-refractivity contribution in [3.05, 3.63) is 63.3 Å². The third-order valence-corrected chi connectivity index (χ3v) is 5.97. The summed E-state index contributed by atoms with van der Waals surface area (Å²) in [5, 5.41) is 6.79. The third-order valence-electron chi connectivity index (χ3n) is 4.34. The molecule has 0 radical (unpaired) electrons. The Labute approximate surface area is 169 Å². The van der Waals surface area contributed by atoms with Crippen molar-refractivity contribution in [3.63, 3.8) is 0 Å². The van der Waals surface area contributed by atoms with E-state index in [0.717, 1.165) is 10.6 Å². The van der Waals surface area contributed by atoms with Crippen LogP contribution in [-0.2, 0) is 16.1 Å². The summed E-state index contributed by atoms with van der Waals surface area (Å²) >= 11 is 3.12. The maximum absolute atomic E-state index is 12.3. The van der Waals surface area contributed by atoms with Gasteiger partial charge in [0, 0.05) is 29.3 Å². The number of hydrogen-bond donors (Lipinski definition) is 0. The number of thiazole rings is 1. The first-order valence-corrected chi connectivity index (χ1v) is 10.5. The molecular weight excluding hydrogens is 396 g/mol. The number of fused-ring (bicyclic) bond motifs is 1. The second kappa shape index (κ2) is 8.04. The Bertz CT molecular complexity index is 992. The van der Waals surface area contributed by atoms with E-state index < -0.39 is 0 Å². The van der Waals surface area contributed by atoms with Crippen LogP contribution < -0.4 is 0 Å². The highest BCUT2D eigenvalue weighted by molar-refractivity contribution is 7.14. The average molecular weight is 412 g/mol. The molecule has 1 aromatic carbocycles. The highest BCUT2D eigenvalue weighted by Gasteiger charge is 2.34. The van der Waals surface area contributed by atoms with E-state index in [1.807, 2.05) is 22.2 Å². The molecule has 2 amide bonds. The maximum Gasteiger partial charge on any atom is 0.306 e. The maximum atomic E-state index is 12.3. The van der Waals surface area contributed by atoms with Gasteiger partial charge in [-0.2, -0.15) is 11.3 Å². The van der Waals surface area contributed by atoms with Crippen molar-refractivity contribution in [3.8, 4) is 10.6 Å². The molecule has 0 fully saturated rings. The average Bonchev–Trinajstić information content (AvgIpc) is 3.44. The first-order valence-electron chi connectivity index (χ1n) is 8.71. The number of aromatic nitrogens is 1. The Kier molecular flexibility index (Phi) is 5.31. The number of carbonyl (C=O) groups excluding carboxylic acids is 3. The summed E-state index contributed by atoms with van der Waals surface area (Å²) in [5.41, 5.74) is 2.61. The zero-order chi connectivity index (χ0) is 19.5. The van der Waals surface area contributed by atoms with Gasteiger partial charge < -0.3 is 4.74 Å². The van der Waals surface area contributed by atoms with Gasteiger partial charge in [0.1, 0.15) is 11.6 Å². The van der Waals surface area contributed by atoms with Crippen molar-refractivity contribution in [2.75, 3.05) is 6.54 Å². The Balaban J connectivity index is 1.24. The van der Waals surface area contributed by atoms with E-state index in [9.17, 15) is 14.4 Å². The Morgan fingerprint density at radius 2 is 1.82 bits per heavy atom. The predicted molar refractivity (Wildman–Crippen MR) is 106 cm³/mol. The molecule has 0 unspecified atom stereocenters.